The minimum absolute atomic E-state index is 0.0926. The number of primary amides is 1. The van der Waals surface area contributed by atoms with Crippen molar-refractivity contribution in [2.45, 2.75) is 6.92 Å². The number of hydrogen-bond acceptors (Lipinski definition) is 3. The number of nitro benzene ring substituents is 1. The fourth-order valence-corrected chi connectivity index (χ4v) is 1.89. The van der Waals surface area contributed by atoms with E-state index in [9.17, 15) is 14.9 Å². The number of rotatable bonds is 2. The van der Waals surface area contributed by atoms with E-state index in [1.54, 1.807) is 13.0 Å². The number of hydrogen-bond donors (Lipinski definition) is 1. The normalized spacial score (nSPS) is 9.86. The Balaban J connectivity index is 3.42. The lowest BCUT2D eigenvalue weighted by Crippen LogP contribution is -2.13. The molecule has 0 atom stereocenters. The van der Waals surface area contributed by atoms with E-state index < -0.39 is 10.8 Å². The van der Waals surface area contributed by atoms with Crippen LogP contribution in [0.2, 0.25) is 0 Å². The van der Waals surface area contributed by atoms with Gasteiger partial charge in [0.1, 0.15) is 0 Å². The second-order valence-electron chi connectivity index (χ2n) is 2.74. The Kier molecular flexibility index (Phi) is 3.04. The van der Waals surface area contributed by atoms with E-state index >= 15 is 0 Å². The van der Waals surface area contributed by atoms with Gasteiger partial charge in [0, 0.05) is 11.6 Å². The molecule has 14 heavy (non-hydrogen) atoms. The Morgan fingerprint density at radius 3 is 2.57 bits per heavy atom. The van der Waals surface area contributed by atoms with Gasteiger partial charge in [0.15, 0.2) is 0 Å². The summed E-state index contributed by atoms with van der Waals surface area (Å²) in [6.07, 6.45) is 0. The molecule has 0 aliphatic carbocycles. The summed E-state index contributed by atoms with van der Waals surface area (Å²) in [5, 5.41) is 10.6. The SMILES string of the molecule is Cc1cc(I)c([N+](=O)[O-])cc1C(N)=O. The smallest absolute Gasteiger partial charge is 0.283 e. The number of aryl methyl sites for hydroxylation is 1. The van der Waals surface area contributed by atoms with E-state index in [0.717, 1.165) is 0 Å². The zero-order valence-electron chi connectivity index (χ0n) is 7.28. The third kappa shape index (κ3) is 2.00. The van der Waals surface area contributed by atoms with Gasteiger partial charge in [-0.3, -0.25) is 14.9 Å². The highest BCUT2D eigenvalue weighted by molar-refractivity contribution is 14.1. The highest BCUT2D eigenvalue weighted by Crippen LogP contribution is 2.24. The third-order valence-corrected chi connectivity index (χ3v) is 2.62. The van der Waals surface area contributed by atoms with Crippen LogP contribution in [-0.4, -0.2) is 10.8 Å². The maximum atomic E-state index is 10.9. The molecule has 0 bridgehead atoms. The van der Waals surface area contributed by atoms with Crippen LogP contribution in [0.15, 0.2) is 12.1 Å². The second kappa shape index (κ2) is 3.91. The third-order valence-electron chi connectivity index (χ3n) is 1.76. The van der Waals surface area contributed by atoms with E-state index in [2.05, 4.69) is 0 Å². The van der Waals surface area contributed by atoms with Crippen molar-refractivity contribution in [2.75, 3.05) is 0 Å². The zero-order valence-corrected chi connectivity index (χ0v) is 9.44. The van der Waals surface area contributed by atoms with Crippen LogP contribution >= 0.6 is 22.6 Å². The van der Waals surface area contributed by atoms with Crippen LogP contribution in [-0.2, 0) is 0 Å². The van der Waals surface area contributed by atoms with E-state index in [-0.39, 0.29) is 11.3 Å². The van der Waals surface area contributed by atoms with Gasteiger partial charge in [0.25, 0.3) is 5.69 Å². The van der Waals surface area contributed by atoms with Crippen molar-refractivity contribution >= 4 is 34.2 Å². The number of nitrogens with two attached hydrogens (primary N) is 1. The number of benzene rings is 1. The molecule has 74 valence electrons. The first-order valence-electron chi connectivity index (χ1n) is 3.68. The Hall–Kier alpha value is -1.18. The van der Waals surface area contributed by atoms with Crippen LogP contribution in [0.1, 0.15) is 15.9 Å². The van der Waals surface area contributed by atoms with Crippen molar-refractivity contribution in [1.29, 1.82) is 0 Å². The van der Waals surface area contributed by atoms with Crippen LogP contribution in [0.3, 0.4) is 0 Å². The fourth-order valence-electron chi connectivity index (χ4n) is 1.07. The number of amides is 1. The van der Waals surface area contributed by atoms with E-state index in [1.165, 1.54) is 6.07 Å². The molecule has 1 rings (SSSR count). The van der Waals surface area contributed by atoms with Gasteiger partial charge >= 0.3 is 0 Å². The average molecular weight is 306 g/mol. The van der Waals surface area contributed by atoms with Gasteiger partial charge in [-0.25, -0.2) is 0 Å². The van der Waals surface area contributed by atoms with Crippen LogP contribution in [0.4, 0.5) is 5.69 Å². The molecular formula is C8H7IN2O3. The van der Waals surface area contributed by atoms with E-state index in [1.807, 2.05) is 22.6 Å². The van der Waals surface area contributed by atoms with E-state index in [0.29, 0.717) is 9.13 Å². The van der Waals surface area contributed by atoms with Crippen molar-refractivity contribution in [3.63, 3.8) is 0 Å². The predicted molar refractivity (Wildman–Crippen MR) is 59.1 cm³/mol. The minimum atomic E-state index is -0.651. The van der Waals surface area contributed by atoms with Crippen molar-refractivity contribution < 1.29 is 9.72 Å². The predicted octanol–water partition coefficient (Wildman–Crippen LogP) is 1.61. The quantitative estimate of drug-likeness (QED) is 0.511. The van der Waals surface area contributed by atoms with Crippen molar-refractivity contribution in [3.8, 4) is 0 Å². The second-order valence-corrected chi connectivity index (χ2v) is 3.90. The van der Waals surface area contributed by atoms with Gasteiger partial charge in [0.05, 0.1) is 8.49 Å². The molecule has 0 aliphatic rings. The molecule has 2 N–H and O–H groups in total. The lowest BCUT2D eigenvalue weighted by molar-refractivity contribution is -0.385. The summed E-state index contributed by atoms with van der Waals surface area (Å²) in [5.74, 6) is -0.651. The molecule has 0 spiro atoms. The van der Waals surface area contributed by atoms with Crippen LogP contribution in [0, 0.1) is 20.6 Å². The van der Waals surface area contributed by atoms with Gasteiger partial charge < -0.3 is 5.73 Å². The van der Waals surface area contributed by atoms with Crippen molar-refractivity contribution in [1.82, 2.24) is 0 Å². The molecule has 1 amide bonds. The van der Waals surface area contributed by atoms with E-state index in [4.69, 9.17) is 5.73 Å². The Morgan fingerprint density at radius 1 is 1.57 bits per heavy atom. The number of carbonyl (C=O) groups is 1. The minimum Gasteiger partial charge on any atom is -0.366 e. The summed E-state index contributed by atoms with van der Waals surface area (Å²) < 4.78 is 0.495. The molecule has 1 aromatic rings. The summed E-state index contributed by atoms with van der Waals surface area (Å²) in [7, 11) is 0. The molecule has 5 nitrogen and oxygen atoms in total. The lowest BCUT2D eigenvalue weighted by Gasteiger charge is -2.02. The molecule has 0 aromatic heterocycles. The standard InChI is InChI=1S/C8H7IN2O3/c1-4-2-6(9)7(11(13)14)3-5(4)8(10)12/h2-3H,1H3,(H2,10,12). The van der Waals surface area contributed by atoms with Gasteiger partial charge in [-0.1, -0.05) is 0 Å². The summed E-state index contributed by atoms with van der Waals surface area (Å²) in [4.78, 5) is 20.9. The van der Waals surface area contributed by atoms with Gasteiger partial charge in [-0.05, 0) is 41.1 Å². The summed E-state index contributed by atoms with van der Waals surface area (Å²) in [6.45, 7) is 1.69. The Bertz CT molecular complexity index is 382. The molecule has 1 aromatic carbocycles. The number of carbonyl (C=O) groups excluding carboxylic acids is 1. The monoisotopic (exact) mass is 306 g/mol. The Labute approximate surface area is 93.6 Å². The largest absolute Gasteiger partial charge is 0.366 e. The van der Waals surface area contributed by atoms with Crippen molar-refractivity contribution in [2.24, 2.45) is 5.73 Å². The zero-order chi connectivity index (χ0) is 10.9. The number of halogens is 1. The summed E-state index contributed by atoms with van der Waals surface area (Å²) in [6, 6.07) is 2.78. The molecule has 0 unspecified atom stereocenters. The molecule has 0 saturated heterocycles. The molecule has 0 aliphatic heterocycles. The van der Waals surface area contributed by atoms with Crippen LogP contribution in [0.25, 0.3) is 0 Å². The molecule has 6 heteroatoms. The number of nitrogens with zero attached hydrogens (tertiary/aromatic N) is 1. The molecule has 0 radical (unpaired) electrons. The van der Waals surface area contributed by atoms with Gasteiger partial charge in [-0.2, -0.15) is 0 Å². The Morgan fingerprint density at radius 2 is 2.14 bits per heavy atom. The maximum Gasteiger partial charge on any atom is 0.283 e. The van der Waals surface area contributed by atoms with Gasteiger partial charge in [0.2, 0.25) is 5.91 Å². The fraction of sp³-hybridized carbons (Fsp3) is 0.125. The maximum absolute atomic E-state index is 10.9. The van der Waals surface area contributed by atoms with Crippen molar-refractivity contribution in [3.05, 3.63) is 36.9 Å². The molecule has 0 heterocycles. The molecule has 0 saturated carbocycles. The first-order valence-corrected chi connectivity index (χ1v) is 4.75. The number of nitro groups is 1. The highest BCUT2D eigenvalue weighted by Gasteiger charge is 2.16. The highest BCUT2D eigenvalue weighted by atomic mass is 127. The average Bonchev–Trinajstić information content (AvgIpc) is 2.02. The van der Waals surface area contributed by atoms with Gasteiger partial charge in [-0.15, -0.1) is 0 Å². The summed E-state index contributed by atoms with van der Waals surface area (Å²) >= 11 is 1.85. The lowest BCUT2D eigenvalue weighted by atomic mass is 10.1. The molecule has 0 fully saturated rings. The topological polar surface area (TPSA) is 86.2 Å². The molecular weight excluding hydrogens is 299 g/mol. The first-order chi connectivity index (χ1) is 6.43. The van der Waals surface area contributed by atoms with Crippen LogP contribution in [0.5, 0.6) is 0 Å². The first kappa shape index (κ1) is 10.9. The summed E-state index contributed by atoms with van der Waals surface area (Å²) in [5.41, 5.74) is 5.81. The van der Waals surface area contributed by atoms with Crippen LogP contribution < -0.4 is 5.73 Å².